The lowest BCUT2D eigenvalue weighted by molar-refractivity contribution is 0.606. The highest BCUT2D eigenvalue weighted by Gasteiger charge is 2.23. The molecule has 1 aliphatic rings. The Morgan fingerprint density at radius 1 is 1.37 bits per heavy atom. The first-order valence-electron chi connectivity index (χ1n) is 6.68. The minimum absolute atomic E-state index is 0.459. The average molecular weight is 282 g/mol. The fourth-order valence-electron chi connectivity index (χ4n) is 2.26. The zero-order valence-electron chi connectivity index (χ0n) is 11.7. The van der Waals surface area contributed by atoms with Gasteiger partial charge >= 0.3 is 0 Å². The van der Waals surface area contributed by atoms with Crippen LogP contribution in [-0.4, -0.2) is 20.7 Å². The Balaban J connectivity index is 2.01. The average Bonchev–Trinajstić information content (AvgIpc) is 3.04. The zero-order valence-corrected chi connectivity index (χ0v) is 12.5. The predicted molar refractivity (Wildman–Crippen MR) is 80.1 cm³/mol. The Morgan fingerprint density at radius 3 is 2.58 bits per heavy atom. The second-order valence-electron chi connectivity index (χ2n) is 5.63. The monoisotopic (exact) mass is 282 g/mol. The van der Waals surface area contributed by atoms with Gasteiger partial charge in [0.25, 0.3) is 0 Å². The lowest BCUT2D eigenvalue weighted by atomic mass is 10.1. The topological polar surface area (TPSA) is 58.2 Å². The molecule has 1 unspecified atom stereocenters. The van der Waals surface area contributed by atoms with Crippen LogP contribution < -0.4 is 10.0 Å². The van der Waals surface area contributed by atoms with Crippen molar-refractivity contribution in [3.8, 4) is 0 Å². The van der Waals surface area contributed by atoms with Gasteiger partial charge in [-0.3, -0.25) is 4.72 Å². The molecule has 19 heavy (non-hydrogen) atoms. The van der Waals surface area contributed by atoms with E-state index >= 15 is 0 Å². The van der Waals surface area contributed by atoms with Gasteiger partial charge in [-0.25, -0.2) is 8.42 Å². The van der Waals surface area contributed by atoms with Crippen molar-refractivity contribution in [3.63, 3.8) is 0 Å². The zero-order chi connectivity index (χ0) is 14.0. The van der Waals surface area contributed by atoms with Crippen molar-refractivity contribution in [1.82, 2.24) is 0 Å². The number of hydrogen-bond donors (Lipinski definition) is 2. The van der Waals surface area contributed by atoms with Crippen LogP contribution in [0.4, 0.5) is 11.4 Å². The molecule has 0 heterocycles. The molecular formula is C14H22N2O2S. The molecule has 0 saturated heterocycles. The molecule has 2 N–H and O–H groups in total. The summed E-state index contributed by atoms with van der Waals surface area (Å²) in [7, 11) is -3.21. The van der Waals surface area contributed by atoms with Gasteiger partial charge in [-0.1, -0.05) is 12.8 Å². The van der Waals surface area contributed by atoms with Gasteiger partial charge in [-0.15, -0.1) is 0 Å². The van der Waals surface area contributed by atoms with Crippen molar-refractivity contribution >= 4 is 21.4 Å². The van der Waals surface area contributed by atoms with Gasteiger partial charge in [0, 0.05) is 11.7 Å². The van der Waals surface area contributed by atoms with Crippen LogP contribution in [-0.2, 0) is 10.0 Å². The normalized spacial score (nSPS) is 17.0. The third-order valence-electron chi connectivity index (χ3n) is 3.32. The summed E-state index contributed by atoms with van der Waals surface area (Å²) in [6, 6.07) is 6.17. The maximum Gasteiger partial charge on any atom is 0.229 e. The van der Waals surface area contributed by atoms with E-state index in [1.807, 2.05) is 25.1 Å². The van der Waals surface area contributed by atoms with E-state index in [1.54, 1.807) is 0 Å². The predicted octanol–water partition coefficient (Wildman–Crippen LogP) is 2.97. The lowest BCUT2D eigenvalue weighted by Crippen LogP contribution is -2.16. The van der Waals surface area contributed by atoms with E-state index in [-0.39, 0.29) is 0 Å². The molecule has 1 aliphatic carbocycles. The SMILES string of the molecule is Cc1cc(NC(C)CC2CC2)ccc1NS(C)(=O)=O. The maximum absolute atomic E-state index is 11.2. The van der Waals surface area contributed by atoms with Gasteiger partial charge in [0.05, 0.1) is 11.9 Å². The third kappa shape index (κ3) is 4.74. The van der Waals surface area contributed by atoms with Crippen molar-refractivity contribution < 1.29 is 8.42 Å². The van der Waals surface area contributed by atoms with Gasteiger partial charge in [0.1, 0.15) is 0 Å². The summed E-state index contributed by atoms with van der Waals surface area (Å²) < 4.78 is 25.0. The van der Waals surface area contributed by atoms with Gasteiger partial charge < -0.3 is 5.32 Å². The number of hydrogen-bond acceptors (Lipinski definition) is 3. The molecule has 0 aromatic heterocycles. The second kappa shape index (κ2) is 5.41. The largest absolute Gasteiger partial charge is 0.383 e. The van der Waals surface area contributed by atoms with Crippen molar-refractivity contribution in [2.75, 3.05) is 16.3 Å². The Hall–Kier alpha value is -1.23. The van der Waals surface area contributed by atoms with Crippen molar-refractivity contribution in [2.24, 2.45) is 5.92 Å². The van der Waals surface area contributed by atoms with Gasteiger partial charge in [0.15, 0.2) is 0 Å². The van der Waals surface area contributed by atoms with Crippen LogP contribution in [0.25, 0.3) is 0 Å². The number of anilines is 2. The minimum Gasteiger partial charge on any atom is -0.383 e. The Morgan fingerprint density at radius 2 is 2.05 bits per heavy atom. The lowest BCUT2D eigenvalue weighted by Gasteiger charge is -2.16. The van der Waals surface area contributed by atoms with E-state index in [0.717, 1.165) is 23.4 Å². The molecule has 0 radical (unpaired) electrons. The fraction of sp³-hybridized carbons (Fsp3) is 0.571. The van der Waals surface area contributed by atoms with Crippen molar-refractivity contribution in [3.05, 3.63) is 23.8 Å². The number of aryl methyl sites for hydroxylation is 1. The molecule has 0 aliphatic heterocycles. The summed E-state index contributed by atoms with van der Waals surface area (Å²) in [4.78, 5) is 0. The molecule has 106 valence electrons. The molecule has 1 aromatic carbocycles. The number of rotatable bonds is 6. The van der Waals surface area contributed by atoms with Crippen LogP contribution >= 0.6 is 0 Å². The molecule has 2 rings (SSSR count). The molecule has 0 spiro atoms. The molecule has 1 saturated carbocycles. The Bertz CT molecular complexity index is 551. The van der Waals surface area contributed by atoms with Crippen LogP contribution in [0.5, 0.6) is 0 Å². The molecule has 1 aromatic rings. The van der Waals surface area contributed by atoms with Crippen LogP contribution in [0.3, 0.4) is 0 Å². The van der Waals surface area contributed by atoms with Crippen LogP contribution in [0, 0.1) is 12.8 Å². The molecule has 5 heteroatoms. The standard InChI is InChI=1S/C14H22N2O2S/c1-10-8-13(15-11(2)9-12-4-5-12)6-7-14(10)16-19(3,17)18/h6-8,11-12,15-16H,4-5,9H2,1-3H3. The van der Waals surface area contributed by atoms with Crippen molar-refractivity contribution in [1.29, 1.82) is 0 Å². The molecular weight excluding hydrogens is 260 g/mol. The van der Waals surface area contributed by atoms with Crippen LogP contribution in [0.1, 0.15) is 31.7 Å². The Labute approximate surface area is 115 Å². The highest BCUT2D eigenvalue weighted by atomic mass is 32.2. The highest BCUT2D eigenvalue weighted by Crippen LogP contribution is 2.34. The minimum atomic E-state index is -3.21. The van der Waals surface area contributed by atoms with E-state index < -0.39 is 10.0 Å². The van der Waals surface area contributed by atoms with Crippen LogP contribution in [0.15, 0.2) is 18.2 Å². The summed E-state index contributed by atoms with van der Waals surface area (Å²) in [5, 5.41) is 3.47. The quantitative estimate of drug-likeness (QED) is 0.843. The molecule has 1 atom stereocenters. The van der Waals surface area contributed by atoms with Crippen LogP contribution in [0.2, 0.25) is 0 Å². The number of nitrogens with one attached hydrogen (secondary N) is 2. The molecule has 4 nitrogen and oxygen atoms in total. The van der Waals surface area contributed by atoms with E-state index in [4.69, 9.17) is 0 Å². The summed E-state index contributed by atoms with van der Waals surface area (Å²) in [5.41, 5.74) is 2.61. The van der Waals surface area contributed by atoms with Gasteiger partial charge in [-0.05, 0) is 49.9 Å². The second-order valence-corrected chi connectivity index (χ2v) is 7.38. The summed E-state index contributed by atoms with van der Waals surface area (Å²) in [6.45, 7) is 4.10. The third-order valence-corrected chi connectivity index (χ3v) is 3.91. The highest BCUT2D eigenvalue weighted by molar-refractivity contribution is 7.92. The van der Waals surface area contributed by atoms with E-state index in [2.05, 4.69) is 17.0 Å². The first kappa shape index (κ1) is 14.2. The number of sulfonamides is 1. The first-order chi connectivity index (χ1) is 8.83. The fourth-order valence-corrected chi connectivity index (χ4v) is 2.89. The summed E-state index contributed by atoms with van der Waals surface area (Å²) >= 11 is 0. The van der Waals surface area contributed by atoms with Gasteiger partial charge in [0.2, 0.25) is 10.0 Å². The molecule has 0 amide bonds. The summed E-state index contributed by atoms with van der Waals surface area (Å²) in [6.07, 6.45) is 5.10. The maximum atomic E-state index is 11.2. The first-order valence-corrected chi connectivity index (χ1v) is 8.57. The molecule has 1 fully saturated rings. The smallest absolute Gasteiger partial charge is 0.229 e. The number of benzene rings is 1. The molecule has 0 bridgehead atoms. The van der Waals surface area contributed by atoms with E-state index in [1.165, 1.54) is 19.3 Å². The van der Waals surface area contributed by atoms with E-state index in [9.17, 15) is 8.42 Å². The van der Waals surface area contributed by atoms with E-state index in [0.29, 0.717) is 11.7 Å². The summed E-state index contributed by atoms with van der Waals surface area (Å²) in [5.74, 6) is 0.898. The van der Waals surface area contributed by atoms with Crippen molar-refractivity contribution in [2.45, 2.75) is 39.2 Å². The Kier molecular flexibility index (Phi) is 4.04. The van der Waals surface area contributed by atoms with Gasteiger partial charge in [-0.2, -0.15) is 0 Å².